The van der Waals surface area contributed by atoms with Crippen LogP contribution in [0.15, 0.2) is 47.4 Å². The van der Waals surface area contributed by atoms with Gasteiger partial charge in [-0.25, -0.2) is 4.79 Å². The van der Waals surface area contributed by atoms with Crippen LogP contribution in [0.1, 0.15) is 28.8 Å². The van der Waals surface area contributed by atoms with Crippen LogP contribution in [0, 0.1) is 0 Å². The van der Waals surface area contributed by atoms with E-state index in [9.17, 15) is 27.9 Å². The van der Waals surface area contributed by atoms with Crippen LogP contribution >= 0.6 is 11.6 Å². The first-order chi connectivity index (χ1) is 18.1. The Morgan fingerprint density at radius 3 is 2.68 bits per heavy atom. The van der Waals surface area contributed by atoms with Gasteiger partial charge in [0.25, 0.3) is 5.56 Å². The number of carboxylic acids is 1. The zero-order valence-corrected chi connectivity index (χ0v) is 20.7. The molecule has 0 atom stereocenters. The molecule has 2 aromatic carbocycles. The van der Waals surface area contributed by atoms with Crippen LogP contribution < -0.4 is 15.6 Å². The maximum atomic E-state index is 13.0. The lowest BCUT2D eigenvalue weighted by Crippen LogP contribution is -2.23. The second kappa shape index (κ2) is 11.8. The summed E-state index contributed by atoms with van der Waals surface area (Å²) in [5.74, 6) is -1.53. The number of aromatic carboxylic acids is 1. The van der Waals surface area contributed by atoms with Gasteiger partial charge in [-0.05, 0) is 49.2 Å². The molecule has 0 fully saturated rings. The molecule has 4 rings (SSSR count). The number of alkyl halides is 3. The number of pyridine rings is 1. The average Bonchev–Trinajstić information content (AvgIpc) is 3.36. The second-order valence-corrected chi connectivity index (χ2v) is 8.87. The van der Waals surface area contributed by atoms with Gasteiger partial charge in [0.1, 0.15) is 11.3 Å². The summed E-state index contributed by atoms with van der Waals surface area (Å²) >= 11 is 5.86. The molecule has 3 N–H and O–H groups in total. The molecule has 0 unspecified atom stereocenters. The summed E-state index contributed by atoms with van der Waals surface area (Å²) < 4.78 is 48.0. The van der Waals surface area contributed by atoms with Gasteiger partial charge in [0.05, 0.1) is 28.9 Å². The molecule has 4 aromatic rings. The summed E-state index contributed by atoms with van der Waals surface area (Å²) in [5, 5.41) is 20.4. The third-order valence-corrected chi connectivity index (χ3v) is 6.12. The molecule has 0 radical (unpaired) electrons. The number of nitrogens with zero attached hydrogens (tertiary/aromatic N) is 2. The van der Waals surface area contributed by atoms with Gasteiger partial charge in [0, 0.05) is 30.5 Å². The molecule has 202 valence electrons. The van der Waals surface area contributed by atoms with Gasteiger partial charge in [0.2, 0.25) is 0 Å². The Kier molecular flexibility index (Phi) is 8.55. The van der Waals surface area contributed by atoms with Gasteiger partial charge in [-0.15, -0.1) is 13.2 Å². The van der Waals surface area contributed by atoms with Gasteiger partial charge in [0.15, 0.2) is 0 Å². The minimum atomic E-state index is -4.80. The highest BCUT2D eigenvalue weighted by molar-refractivity contribution is 6.32. The molecule has 0 aliphatic rings. The van der Waals surface area contributed by atoms with Crippen LogP contribution in [-0.2, 0) is 17.8 Å². The first-order valence-electron chi connectivity index (χ1n) is 11.7. The van der Waals surface area contributed by atoms with E-state index in [1.807, 2.05) is 0 Å². The number of aromatic nitrogens is 3. The number of H-pyrrole nitrogens is 1. The van der Waals surface area contributed by atoms with E-state index in [0.717, 1.165) is 18.4 Å². The highest BCUT2D eigenvalue weighted by Crippen LogP contribution is 2.30. The van der Waals surface area contributed by atoms with Crippen LogP contribution in [0.5, 0.6) is 5.75 Å². The van der Waals surface area contributed by atoms with Crippen molar-refractivity contribution in [3.05, 3.63) is 69.1 Å². The second-order valence-electron chi connectivity index (χ2n) is 8.46. The number of benzene rings is 2. The van der Waals surface area contributed by atoms with Crippen molar-refractivity contribution in [1.82, 2.24) is 20.1 Å². The number of hydrogen-bond donors (Lipinski definition) is 3. The van der Waals surface area contributed by atoms with Gasteiger partial charge in [-0.3, -0.25) is 9.89 Å². The fourth-order valence-corrected chi connectivity index (χ4v) is 4.28. The highest BCUT2D eigenvalue weighted by Gasteiger charge is 2.32. The Labute approximate surface area is 219 Å². The number of hydrogen-bond acceptors (Lipinski definition) is 6. The molecule has 0 saturated heterocycles. The summed E-state index contributed by atoms with van der Waals surface area (Å²) in [6, 6.07) is 8.74. The molecular weight excluding hydrogens is 529 g/mol. The summed E-state index contributed by atoms with van der Waals surface area (Å²) in [6.07, 6.45) is -1.73. The van der Waals surface area contributed by atoms with E-state index in [1.165, 1.54) is 34.9 Å². The maximum Gasteiger partial charge on any atom is 0.573 e. The quantitative estimate of drug-likeness (QED) is 0.218. The van der Waals surface area contributed by atoms with E-state index in [1.54, 1.807) is 12.3 Å². The molecule has 9 nitrogen and oxygen atoms in total. The standard InChI is InChI=1S/C25H24ClF3N4O5/c26-19-11-15(3-6-21(19)38-25(27,28)29)13-30-7-1-2-9-37-10-8-33-20-12-16(24(35)36)4-5-17(20)18-14-31-32-22(18)23(33)34/h3-6,11-12,14,30H,1-2,7-10,13H2,(H,31,32)(H,35,36). The van der Waals surface area contributed by atoms with Gasteiger partial charge < -0.3 is 24.5 Å². The topological polar surface area (TPSA) is 118 Å². The monoisotopic (exact) mass is 552 g/mol. The maximum absolute atomic E-state index is 13.0. The lowest BCUT2D eigenvalue weighted by atomic mass is 10.1. The van der Waals surface area contributed by atoms with Crippen molar-refractivity contribution < 1.29 is 32.5 Å². The summed E-state index contributed by atoms with van der Waals surface area (Å²) in [7, 11) is 0. The smallest absolute Gasteiger partial charge is 0.478 e. The molecule has 0 saturated carbocycles. The van der Waals surface area contributed by atoms with Crippen molar-refractivity contribution >= 4 is 39.4 Å². The van der Waals surface area contributed by atoms with Crippen LogP contribution in [0.4, 0.5) is 13.2 Å². The van der Waals surface area contributed by atoms with Gasteiger partial charge in [-0.1, -0.05) is 23.7 Å². The number of carboxylic acid groups (broad SMARTS) is 1. The normalized spacial score (nSPS) is 11.9. The van der Waals surface area contributed by atoms with Crippen molar-refractivity contribution in [2.24, 2.45) is 0 Å². The predicted octanol–water partition coefficient (Wildman–Crippen LogP) is 4.71. The first kappa shape index (κ1) is 27.4. The lowest BCUT2D eigenvalue weighted by molar-refractivity contribution is -0.274. The molecule has 0 bridgehead atoms. The molecule has 0 spiro atoms. The Morgan fingerprint density at radius 1 is 1.13 bits per heavy atom. The minimum absolute atomic E-state index is 0.0785. The molecule has 13 heteroatoms. The number of unbranched alkanes of at least 4 members (excludes halogenated alkanes) is 1. The third-order valence-electron chi connectivity index (χ3n) is 5.83. The number of ether oxygens (including phenoxy) is 2. The average molecular weight is 553 g/mol. The Hall–Kier alpha value is -3.61. The largest absolute Gasteiger partial charge is 0.573 e. The summed E-state index contributed by atoms with van der Waals surface area (Å²) in [4.78, 5) is 24.4. The van der Waals surface area contributed by atoms with Crippen molar-refractivity contribution in [1.29, 1.82) is 0 Å². The number of fused-ring (bicyclic) bond motifs is 3. The third kappa shape index (κ3) is 6.63. The summed E-state index contributed by atoms with van der Waals surface area (Å²) in [6.45, 7) is 2.03. The fraction of sp³-hybridized carbons (Fsp3) is 0.320. The molecule has 2 heterocycles. The van der Waals surface area contributed by atoms with Crippen molar-refractivity contribution in [3.8, 4) is 5.75 Å². The van der Waals surface area contributed by atoms with E-state index in [4.69, 9.17) is 16.3 Å². The first-order valence-corrected chi connectivity index (χ1v) is 12.1. The zero-order valence-electron chi connectivity index (χ0n) is 20.0. The number of nitrogens with one attached hydrogen (secondary N) is 2. The van der Waals surface area contributed by atoms with Crippen LogP contribution in [-0.4, -0.2) is 52.0 Å². The molecule has 0 amide bonds. The molecule has 38 heavy (non-hydrogen) atoms. The van der Waals surface area contributed by atoms with Crippen LogP contribution in [0.25, 0.3) is 21.8 Å². The van der Waals surface area contributed by atoms with Gasteiger partial charge in [-0.2, -0.15) is 5.10 Å². The van der Waals surface area contributed by atoms with E-state index in [2.05, 4.69) is 20.3 Å². The van der Waals surface area contributed by atoms with Crippen molar-refractivity contribution in [3.63, 3.8) is 0 Å². The molecular formula is C25H24ClF3N4O5. The van der Waals surface area contributed by atoms with Crippen LogP contribution in [0.2, 0.25) is 5.02 Å². The molecule has 0 aliphatic carbocycles. The summed E-state index contributed by atoms with van der Waals surface area (Å²) in [5.41, 5.74) is 1.33. The Balaban J connectivity index is 1.23. The number of carbonyl (C=O) groups is 1. The van der Waals surface area contributed by atoms with E-state index in [0.29, 0.717) is 41.5 Å². The Bertz CT molecular complexity index is 1500. The minimum Gasteiger partial charge on any atom is -0.478 e. The van der Waals surface area contributed by atoms with Gasteiger partial charge >= 0.3 is 12.3 Å². The number of halogens is 4. The Morgan fingerprint density at radius 2 is 1.95 bits per heavy atom. The van der Waals surface area contributed by atoms with Crippen molar-refractivity contribution in [2.45, 2.75) is 32.3 Å². The molecule has 0 aliphatic heterocycles. The van der Waals surface area contributed by atoms with Crippen molar-refractivity contribution in [2.75, 3.05) is 19.8 Å². The fourth-order valence-electron chi connectivity index (χ4n) is 4.04. The SMILES string of the molecule is O=C(O)c1ccc2c3cn[nH]c3c(=O)n(CCOCCCCNCc3ccc(OC(F)(F)F)c(Cl)c3)c2c1. The number of rotatable bonds is 12. The predicted molar refractivity (Wildman–Crippen MR) is 135 cm³/mol. The molecule has 2 aromatic heterocycles. The highest BCUT2D eigenvalue weighted by atomic mass is 35.5. The van der Waals surface area contributed by atoms with Crippen LogP contribution in [0.3, 0.4) is 0 Å². The number of aromatic amines is 1. The van der Waals surface area contributed by atoms with E-state index >= 15 is 0 Å². The zero-order chi connectivity index (χ0) is 27.3. The van der Waals surface area contributed by atoms with E-state index < -0.39 is 18.1 Å². The lowest BCUT2D eigenvalue weighted by Gasteiger charge is -2.13. The van der Waals surface area contributed by atoms with E-state index in [-0.39, 0.29) is 29.3 Å².